The van der Waals surface area contributed by atoms with Crippen LogP contribution in [0.5, 0.6) is 0 Å². The summed E-state index contributed by atoms with van der Waals surface area (Å²) in [7, 11) is 0. The lowest BCUT2D eigenvalue weighted by molar-refractivity contribution is 0.780. The molecule has 0 fully saturated rings. The molecule has 0 radical (unpaired) electrons. The van der Waals surface area contributed by atoms with Crippen LogP contribution in [0.4, 0.5) is 11.4 Å². The molecule has 0 spiro atoms. The molecular weight excluding hydrogens is 448 g/mol. The Morgan fingerprint density at radius 3 is 1.19 bits per heavy atom. The van der Waals surface area contributed by atoms with E-state index in [0.29, 0.717) is 0 Å². The normalized spacial score (nSPS) is 12.4. The molecule has 0 bridgehead atoms. The number of aliphatic imine (C=N–C) groups is 2. The standard InChI is InChI=1S/C35H54N2/c1-7-12-17-29-22-30(18-13-8-2)25-33(24-29)36-28(6)35(21-16-11-5)37-34-26-31(19-14-9-3)23-32(27-34)20-15-10-4/h22-27H,7-21H2,1-6H3. The van der Waals surface area contributed by atoms with Gasteiger partial charge in [0.1, 0.15) is 0 Å². The molecule has 2 rings (SSSR count). The Labute approximate surface area is 229 Å². The van der Waals surface area contributed by atoms with Crippen molar-refractivity contribution in [3.63, 3.8) is 0 Å². The summed E-state index contributed by atoms with van der Waals surface area (Å²) in [5.41, 5.74) is 10.1. The van der Waals surface area contributed by atoms with Crippen molar-refractivity contribution in [1.82, 2.24) is 0 Å². The van der Waals surface area contributed by atoms with Gasteiger partial charge in [-0.3, -0.25) is 9.98 Å². The van der Waals surface area contributed by atoms with Gasteiger partial charge in [0, 0.05) is 0 Å². The number of hydrogen-bond donors (Lipinski definition) is 0. The highest BCUT2D eigenvalue weighted by molar-refractivity contribution is 6.42. The van der Waals surface area contributed by atoms with E-state index in [4.69, 9.17) is 9.98 Å². The zero-order valence-electron chi connectivity index (χ0n) is 25.0. The highest BCUT2D eigenvalue weighted by Gasteiger charge is 2.09. The largest absolute Gasteiger partial charge is 0.252 e. The van der Waals surface area contributed by atoms with Crippen LogP contribution < -0.4 is 0 Å². The maximum atomic E-state index is 5.26. The molecule has 0 aliphatic carbocycles. The molecule has 204 valence electrons. The van der Waals surface area contributed by atoms with Crippen LogP contribution in [0.15, 0.2) is 46.4 Å². The third kappa shape index (κ3) is 11.8. The van der Waals surface area contributed by atoms with Crippen LogP contribution in [0.3, 0.4) is 0 Å². The van der Waals surface area contributed by atoms with E-state index in [2.05, 4.69) is 77.9 Å². The maximum Gasteiger partial charge on any atom is 0.0639 e. The Balaban J connectivity index is 2.46. The average molecular weight is 503 g/mol. The van der Waals surface area contributed by atoms with Gasteiger partial charge >= 0.3 is 0 Å². The van der Waals surface area contributed by atoms with Crippen molar-refractivity contribution in [2.75, 3.05) is 0 Å². The Morgan fingerprint density at radius 2 is 0.838 bits per heavy atom. The minimum absolute atomic E-state index is 0.980. The van der Waals surface area contributed by atoms with E-state index in [-0.39, 0.29) is 0 Å². The van der Waals surface area contributed by atoms with Crippen molar-refractivity contribution in [3.05, 3.63) is 58.7 Å². The molecule has 2 nitrogen and oxygen atoms in total. The Morgan fingerprint density at radius 1 is 0.486 bits per heavy atom. The topological polar surface area (TPSA) is 24.7 Å². The molecule has 0 aliphatic rings. The zero-order chi connectivity index (χ0) is 26.9. The molecule has 0 saturated heterocycles. The lowest BCUT2D eigenvalue weighted by Gasteiger charge is -2.11. The monoisotopic (exact) mass is 502 g/mol. The molecule has 0 N–H and O–H groups in total. The second-order valence-corrected chi connectivity index (χ2v) is 10.8. The molecule has 0 amide bonds. The first-order valence-electron chi connectivity index (χ1n) is 15.4. The molecule has 2 aromatic carbocycles. The van der Waals surface area contributed by atoms with Gasteiger partial charge in [-0.1, -0.05) is 78.9 Å². The molecule has 0 unspecified atom stereocenters. The smallest absolute Gasteiger partial charge is 0.0639 e. The van der Waals surface area contributed by atoms with Crippen molar-refractivity contribution < 1.29 is 0 Å². The maximum absolute atomic E-state index is 5.26. The summed E-state index contributed by atoms with van der Waals surface area (Å²) >= 11 is 0. The van der Waals surface area contributed by atoms with Crippen molar-refractivity contribution >= 4 is 22.8 Å². The van der Waals surface area contributed by atoms with Gasteiger partial charge in [0.15, 0.2) is 0 Å². The van der Waals surface area contributed by atoms with Gasteiger partial charge in [0.25, 0.3) is 0 Å². The van der Waals surface area contributed by atoms with E-state index in [1.54, 1.807) is 0 Å². The summed E-state index contributed by atoms with van der Waals surface area (Å²) in [4.78, 5) is 10.4. The first-order chi connectivity index (χ1) is 18.0. The number of hydrogen-bond acceptors (Lipinski definition) is 2. The minimum Gasteiger partial charge on any atom is -0.252 e. The van der Waals surface area contributed by atoms with Crippen LogP contribution in [-0.2, 0) is 25.7 Å². The summed E-state index contributed by atoms with van der Waals surface area (Å²) in [6.07, 6.45) is 17.7. The van der Waals surface area contributed by atoms with Gasteiger partial charge in [-0.05, 0) is 118 Å². The Hall–Kier alpha value is -2.22. The van der Waals surface area contributed by atoms with Gasteiger partial charge in [-0.15, -0.1) is 0 Å². The highest BCUT2D eigenvalue weighted by atomic mass is 14.8. The molecule has 2 heteroatoms. The molecule has 37 heavy (non-hydrogen) atoms. The molecule has 0 atom stereocenters. The fourth-order valence-corrected chi connectivity index (χ4v) is 4.79. The second kappa shape index (κ2) is 18.1. The van der Waals surface area contributed by atoms with E-state index in [1.807, 2.05) is 0 Å². The van der Waals surface area contributed by atoms with E-state index in [0.717, 1.165) is 67.7 Å². The van der Waals surface area contributed by atoms with Gasteiger partial charge in [0.05, 0.1) is 22.8 Å². The van der Waals surface area contributed by atoms with Crippen LogP contribution in [0.1, 0.15) is 134 Å². The summed E-state index contributed by atoms with van der Waals surface area (Å²) in [6, 6.07) is 14.1. The fourth-order valence-electron chi connectivity index (χ4n) is 4.79. The average Bonchev–Trinajstić information content (AvgIpc) is 2.90. The quantitative estimate of drug-likeness (QED) is 0.181. The summed E-state index contributed by atoms with van der Waals surface area (Å²) in [5.74, 6) is 0. The Bertz CT molecular complexity index is 930. The van der Waals surface area contributed by atoms with Crippen LogP contribution in [0.25, 0.3) is 0 Å². The number of benzene rings is 2. The van der Waals surface area contributed by atoms with Crippen molar-refractivity contribution in [1.29, 1.82) is 0 Å². The molecule has 0 saturated carbocycles. The lowest BCUT2D eigenvalue weighted by Crippen LogP contribution is -2.10. The molecule has 0 aromatic heterocycles. The number of nitrogens with zero attached hydrogens (tertiary/aromatic N) is 2. The van der Waals surface area contributed by atoms with Gasteiger partial charge < -0.3 is 0 Å². The van der Waals surface area contributed by atoms with Crippen molar-refractivity contribution in [2.45, 2.75) is 138 Å². The second-order valence-electron chi connectivity index (χ2n) is 10.8. The van der Waals surface area contributed by atoms with E-state index in [9.17, 15) is 0 Å². The third-order valence-electron chi connectivity index (χ3n) is 7.10. The van der Waals surface area contributed by atoms with Gasteiger partial charge in [0.2, 0.25) is 0 Å². The minimum atomic E-state index is 0.980. The fraction of sp³-hybridized carbons (Fsp3) is 0.600. The summed E-state index contributed by atoms with van der Waals surface area (Å²) in [5, 5.41) is 0. The van der Waals surface area contributed by atoms with Crippen LogP contribution in [0.2, 0.25) is 0 Å². The van der Waals surface area contributed by atoms with Crippen molar-refractivity contribution in [3.8, 4) is 0 Å². The van der Waals surface area contributed by atoms with Crippen LogP contribution in [-0.4, -0.2) is 11.4 Å². The predicted molar refractivity (Wildman–Crippen MR) is 167 cm³/mol. The van der Waals surface area contributed by atoms with E-state index < -0.39 is 0 Å². The van der Waals surface area contributed by atoms with Gasteiger partial charge in [-0.25, -0.2) is 0 Å². The van der Waals surface area contributed by atoms with Crippen LogP contribution >= 0.6 is 0 Å². The van der Waals surface area contributed by atoms with E-state index >= 15 is 0 Å². The Kier molecular flexibility index (Phi) is 15.2. The van der Waals surface area contributed by atoms with E-state index in [1.165, 1.54) is 73.6 Å². The first kappa shape index (κ1) is 31.0. The number of rotatable bonds is 18. The lowest BCUT2D eigenvalue weighted by atomic mass is 10.0. The van der Waals surface area contributed by atoms with Crippen molar-refractivity contribution in [2.24, 2.45) is 9.98 Å². The zero-order valence-corrected chi connectivity index (χ0v) is 25.0. The highest BCUT2D eigenvalue weighted by Crippen LogP contribution is 2.25. The number of unbranched alkanes of at least 4 members (excludes halogenated alkanes) is 5. The molecule has 0 aliphatic heterocycles. The van der Waals surface area contributed by atoms with Crippen LogP contribution in [0, 0.1) is 0 Å². The summed E-state index contributed by atoms with van der Waals surface area (Å²) in [6.45, 7) is 13.5. The third-order valence-corrected chi connectivity index (χ3v) is 7.10. The summed E-state index contributed by atoms with van der Waals surface area (Å²) < 4.78 is 0. The molecular formula is C35H54N2. The number of aryl methyl sites for hydroxylation is 4. The predicted octanol–water partition coefficient (Wildman–Crippen LogP) is 11.1. The SMILES string of the molecule is CCCCC(=Nc1cc(CCCC)cc(CCCC)c1)C(C)=Nc1cc(CCCC)cc(CCCC)c1. The molecule has 0 heterocycles. The van der Waals surface area contributed by atoms with Gasteiger partial charge in [-0.2, -0.15) is 0 Å². The molecule has 2 aromatic rings. The first-order valence-corrected chi connectivity index (χ1v) is 15.4.